The monoisotopic (exact) mass is 194 g/mol. The molecule has 0 aromatic carbocycles. The first-order valence-electron chi connectivity index (χ1n) is 4.33. The maximum absolute atomic E-state index is 11.2. The lowest BCUT2D eigenvalue weighted by atomic mass is 9.84. The van der Waals surface area contributed by atoms with Crippen molar-refractivity contribution in [3.63, 3.8) is 0 Å². The van der Waals surface area contributed by atoms with Crippen LogP contribution in [0.2, 0.25) is 0 Å². The zero-order chi connectivity index (χ0) is 10.0. The first-order chi connectivity index (χ1) is 6.76. The first-order valence-corrected chi connectivity index (χ1v) is 4.33. The molecule has 0 amide bonds. The van der Waals surface area contributed by atoms with Crippen LogP contribution in [0.3, 0.4) is 0 Å². The molecule has 1 aliphatic rings. The van der Waals surface area contributed by atoms with Crippen molar-refractivity contribution in [2.24, 2.45) is 0 Å². The van der Waals surface area contributed by atoms with Crippen LogP contribution >= 0.6 is 0 Å². The van der Waals surface area contributed by atoms with Crippen LogP contribution in [0.25, 0.3) is 0 Å². The highest BCUT2D eigenvalue weighted by Gasteiger charge is 2.45. The van der Waals surface area contributed by atoms with Gasteiger partial charge in [0.1, 0.15) is 5.41 Å². The summed E-state index contributed by atoms with van der Waals surface area (Å²) in [5.41, 5.74) is -0.515. The summed E-state index contributed by atoms with van der Waals surface area (Å²) in [6, 6.07) is 0. The average Bonchev–Trinajstić information content (AvgIpc) is 2.69. The van der Waals surface area contributed by atoms with E-state index in [1.807, 2.05) is 0 Å². The van der Waals surface area contributed by atoms with Gasteiger partial charge >= 0.3 is 5.97 Å². The molecule has 74 valence electrons. The van der Waals surface area contributed by atoms with Crippen molar-refractivity contribution >= 4 is 5.97 Å². The van der Waals surface area contributed by atoms with Gasteiger partial charge in [0, 0.05) is 25.2 Å². The highest BCUT2D eigenvalue weighted by molar-refractivity contribution is 5.81. The summed E-state index contributed by atoms with van der Waals surface area (Å²) in [4.78, 5) is 19.1. The van der Waals surface area contributed by atoms with Gasteiger partial charge in [0.15, 0.2) is 0 Å². The molecule has 0 aliphatic carbocycles. The lowest BCUT2D eigenvalue weighted by molar-refractivity contribution is -0.144. The van der Waals surface area contributed by atoms with E-state index in [0.717, 1.165) is 0 Å². The Hall–Kier alpha value is -1.49. The van der Waals surface area contributed by atoms with E-state index in [1.54, 1.807) is 0 Å². The van der Waals surface area contributed by atoms with Crippen molar-refractivity contribution in [2.45, 2.75) is 11.8 Å². The molecule has 1 unspecified atom stereocenters. The third kappa shape index (κ3) is 1.26. The molecular weight excluding hydrogens is 184 g/mol. The quantitative estimate of drug-likeness (QED) is 0.729. The van der Waals surface area contributed by atoms with E-state index >= 15 is 0 Å². The van der Waals surface area contributed by atoms with Crippen molar-refractivity contribution in [1.82, 2.24) is 9.97 Å². The lowest BCUT2D eigenvalue weighted by Crippen LogP contribution is -2.37. The molecule has 1 atom stereocenters. The number of aliphatic carboxylic acids is 1. The van der Waals surface area contributed by atoms with Crippen LogP contribution in [0, 0.1) is 0 Å². The number of hydrogen-bond donors (Lipinski definition) is 1. The fourth-order valence-corrected chi connectivity index (χ4v) is 1.59. The van der Waals surface area contributed by atoms with Gasteiger partial charge in [0.25, 0.3) is 0 Å². The normalized spacial score (nSPS) is 26.3. The summed E-state index contributed by atoms with van der Waals surface area (Å²) in [6.45, 7) is 0.643. The fourth-order valence-electron chi connectivity index (χ4n) is 1.59. The fraction of sp³-hybridized carbons (Fsp3) is 0.444. The van der Waals surface area contributed by atoms with E-state index in [4.69, 9.17) is 9.84 Å². The van der Waals surface area contributed by atoms with Crippen molar-refractivity contribution in [3.05, 3.63) is 24.3 Å². The zero-order valence-electron chi connectivity index (χ0n) is 7.51. The predicted molar refractivity (Wildman–Crippen MR) is 46.8 cm³/mol. The minimum Gasteiger partial charge on any atom is -0.480 e. The molecule has 1 N–H and O–H groups in total. The van der Waals surface area contributed by atoms with Crippen LogP contribution in [-0.4, -0.2) is 34.3 Å². The van der Waals surface area contributed by atoms with Crippen molar-refractivity contribution in [1.29, 1.82) is 0 Å². The number of ether oxygens (including phenoxy) is 1. The maximum Gasteiger partial charge on any atom is 0.318 e. The van der Waals surface area contributed by atoms with E-state index in [2.05, 4.69) is 9.97 Å². The number of carboxylic acids is 1. The highest BCUT2D eigenvalue weighted by atomic mass is 16.5. The molecule has 0 bridgehead atoms. The second-order valence-electron chi connectivity index (χ2n) is 3.28. The van der Waals surface area contributed by atoms with Crippen molar-refractivity contribution < 1.29 is 14.6 Å². The van der Waals surface area contributed by atoms with E-state index in [1.165, 1.54) is 18.6 Å². The van der Waals surface area contributed by atoms with E-state index in [0.29, 0.717) is 18.7 Å². The smallest absolute Gasteiger partial charge is 0.318 e. The summed E-state index contributed by atoms with van der Waals surface area (Å²) in [6.07, 6.45) is 4.97. The standard InChI is InChI=1S/C9H10N2O3/c12-8(13)9(1-4-14-6-9)7-5-10-2-3-11-7/h2-3,5H,1,4,6H2,(H,12,13). The van der Waals surface area contributed by atoms with Crippen LogP contribution in [0.4, 0.5) is 0 Å². The van der Waals surface area contributed by atoms with E-state index in [9.17, 15) is 4.79 Å². The minimum atomic E-state index is -0.992. The Kier molecular flexibility index (Phi) is 2.17. The maximum atomic E-state index is 11.2. The number of aromatic nitrogens is 2. The van der Waals surface area contributed by atoms with Crippen LogP contribution in [0.15, 0.2) is 18.6 Å². The molecular formula is C9H10N2O3. The summed E-state index contributed by atoms with van der Waals surface area (Å²) in [5.74, 6) is -0.893. The minimum absolute atomic E-state index is 0.182. The molecule has 1 aromatic heterocycles. The summed E-state index contributed by atoms with van der Waals surface area (Å²) >= 11 is 0. The van der Waals surface area contributed by atoms with Crippen LogP contribution in [0.1, 0.15) is 12.1 Å². The molecule has 1 aromatic rings. The number of carbonyl (C=O) groups is 1. The number of hydrogen-bond acceptors (Lipinski definition) is 4. The molecule has 0 saturated carbocycles. The topological polar surface area (TPSA) is 72.3 Å². The second-order valence-corrected chi connectivity index (χ2v) is 3.28. The number of rotatable bonds is 2. The SMILES string of the molecule is O=C(O)C1(c2cnccn2)CCOC1. The van der Waals surface area contributed by atoms with Gasteiger partial charge in [-0.05, 0) is 6.42 Å². The average molecular weight is 194 g/mol. The first kappa shape index (κ1) is 9.08. The Labute approximate surface area is 80.8 Å². The predicted octanol–water partition coefficient (Wildman–Crippen LogP) is 0.219. The van der Waals surface area contributed by atoms with Gasteiger partial charge in [-0.2, -0.15) is 0 Å². The summed E-state index contributed by atoms with van der Waals surface area (Å²) < 4.78 is 5.13. The van der Waals surface area contributed by atoms with Crippen LogP contribution < -0.4 is 0 Å². The third-order valence-corrected chi connectivity index (χ3v) is 2.48. The van der Waals surface area contributed by atoms with Gasteiger partial charge < -0.3 is 9.84 Å². The van der Waals surface area contributed by atoms with Crippen molar-refractivity contribution in [3.8, 4) is 0 Å². The molecule has 0 spiro atoms. The van der Waals surface area contributed by atoms with Crippen molar-refractivity contribution in [2.75, 3.05) is 13.2 Å². The number of carboxylic acid groups (broad SMARTS) is 1. The molecule has 1 saturated heterocycles. The molecule has 2 heterocycles. The Bertz CT molecular complexity index is 333. The molecule has 1 fully saturated rings. The van der Waals surface area contributed by atoms with Crippen LogP contribution in [-0.2, 0) is 14.9 Å². The third-order valence-electron chi connectivity index (χ3n) is 2.48. The Morgan fingerprint density at radius 1 is 1.57 bits per heavy atom. The zero-order valence-corrected chi connectivity index (χ0v) is 7.51. The lowest BCUT2D eigenvalue weighted by Gasteiger charge is -2.20. The summed E-state index contributed by atoms with van der Waals surface area (Å²) in [7, 11) is 0. The molecule has 2 rings (SSSR count). The van der Waals surface area contributed by atoms with Gasteiger partial charge in [-0.15, -0.1) is 0 Å². The molecule has 5 nitrogen and oxygen atoms in total. The van der Waals surface area contributed by atoms with Gasteiger partial charge in [0.05, 0.1) is 12.3 Å². The van der Waals surface area contributed by atoms with E-state index in [-0.39, 0.29) is 6.61 Å². The van der Waals surface area contributed by atoms with Gasteiger partial charge in [-0.25, -0.2) is 0 Å². The Morgan fingerprint density at radius 2 is 2.43 bits per heavy atom. The van der Waals surface area contributed by atoms with Gasteiger partial charge in [0.2, 0.25) is 0 Å². The molecule has 14 heavy (non-hydrogen) atoms. The number of nitrogens with zero attached hydrogens (tertiary/aromatic N) is 2. The summed E-state index contributed by atoms with van der Waals surface area (Å²) in [5, 5.41) is 9.17. The van der Waals surface area contributed by atoms with Crippen LogP contribution in [0.5, 0.6) is 0 Å². The molecule has 0 radical (unpaired) electrons. The molecule has 5 heteroatoms. The Balaban J connectivity index is 2.42. The Morgan fingerprint density at radius 3 is 2.93 bits per heavy atom. The van der Waals surface area contributed by atoms with Gasteiger partial charge in [-0.1, -0.05) is 0 Å². The largest absolute Gasteiger partial charge is 0.480 e. The van der Waals surface area contributed by atoms with Gasteiger partial charge in [-0.3, -0.25) is 14.8 Å². The molecule has 1 aliphatic heterocycles. The second kappa shape index (κ2) is 3.34. The van der Waals surface area contributed by atoms with E-state index < -0.39 is 11.4 Å². The highest BCUT2D eigenvalue weighted by Crippen LogP contribution is 2.31.